The molecule has 0 bridgehead atoms. The van der Waals surface area contributed by atoms with Crippen LogP contribution in [0.25, 0.3) is 10.9 Å². The van der Waals surface area contributed by atoms with E-state index in [0.717, 1.165) is 5.52 Å². The van der Waals surface area contributed by atoms with Gasteiger partial charge in [0, 0.05) is 30.4 Å². The van der Waals surface area contributed by atoms with Crippen molar-refractivity contribution in [3.8, 4) is 11.6 Å². The molecule has 0 saturated carbocycles. The molecule has 3 rings (SSSR count). The Labute approximate surface area is 131 Å². The first-order valence-electron chi connectivity index (χ1n) is 6.83. The Morgan fingerprint density at radius 2 is 2.00 bits per heavy atom. The SMILES string of the molecule is COc1ccc2c(c1)c(N=NC(=O)c1ccncc1)c(O)n2C. The van der Waals surface area contributed by atoms with Crippen molar-refractivity contribution in [1.82, 2.24) is 9.55 Å². The van der Waals surface area contributed by atoms with Crippen LogP contribution in [0.15, 0.2) is 53.0 Å². The number of nitrogens with zero attached hydrogens (tertiary/aromatic N) is 4. The number of aromatic hydroxyl groups is 1. The number of aromatic nitrogens is 2. The molecule has 2 heterocycles. The van der Waals surface area contributed by atoms with Crippen LogP contribution >= 0.6 is 0 Å². The lowest BCUT2D eigenvalue weighted by atomic mass is 10.2. The molecule has 2 aromatic heterocycles. The minimum Gasteiger partial charge on any atom is -0.497 e. The fraction of sp³-hybridized carbons (Fsp3) is 0.125. The van der Waals surface area contributed by atoms with Gasteiger partial charge in [0.2, 0.25) is 5.88 Å². The average molecular weight is 310 g/mol. The molecule has 0 fully saturated rings. The first-order valence-corrected chi connectivity index (χ1v) is 6.83. The summed E-state index contributed by atoms with van der Waals surface area (Å²) >= 11 is 0. The second-order valence-electron chi connectivity index (χ2n) is 4.86. The van der Waals surface area contributed by atoms with E-state index in [0.29, 0.717) is 16.7 Å². The Kier molecular flexibility index (Phi) is 3.76. The molecular weight excluding hydrogens is 296 g/mol. The van der Waals surface area contributed by atoms with Gasteiger partial charge >= 0.3 is 0 Å². The minimum atomic E-state index is -0.508. The number of pyridine rings is 1. The topological polar surface area (TPSA) is 89.1 Å². The van der Waals surface area contributed by atoms with Crippen LogP contribution in [0.1, 0.15) is 10.4 Å². The van der Waals surface area contributed by atoms with E-state index in [4.69, 9.17) is 4.74 Å². The molecule has 1 N–H and O–H groups in total. The van der Waals surface area contributed by atoms with Crippen LogP contribution in [0.2, 0.25) is 0 Å². The Balaban J connectivity index is 2.04. The van der Waals surface area contributed by atoms with Crippen molar-refractivity contribution in [3.63, 3.8) is 0 Å². The molecule has 23 heavy (non-hydrogen) atoms. The van der Waals surface area contributed by atoms with Crippen molar-refractivity contribution in [3.05, 3.63) is 48.3 Å². The molecular formula is C16H14N4O3. The van der Waals surface area contributed by atoms with E-state index in [9.17, 15) is 9.90 Å². The van der Waals surface area contributed by atoms with Gasteiger partial charge in [0.1, 0.15) is 5.75 Å². The number of ether oxygens (including phenoxy) is 1. The number of rotatable bonds is 3. The lowest BCUT2D eigenvalue weighted by molar-refractivity contribution is 0.0995. The summed E-state index contributed by atoms with van der Waals surface area (Å²) in [6.07, 6.45) is 3.01. The van der Waals surface area contributed by atoms with Crippen LogP contribution in [-0.4, -0.2) is 27.7 Å². The zero-order valence-corrected chi connectivity index (χ0v) is 12.6. The Morgan fingerprint density at radius 3 is 2.70 bits per heavy atom. The number of methoxy groups -OCH3 is 1. The molecule has 7 heteroatoms. The average Bonchev–Trinajstić information content (AvgIpc) is 2.84. The van der Waals surface area contributed by atoms with Gasteiger partial charge < -0.3 is 14.4 Å². The van der Waals surface area contributed by atoms with E-state index >= 15 is 0 Å². The highest BCUT2D eigenvalue weighted by Gasteiger charge is 2.15. The number of carbonyl (C=O) groups is 1. The molecule has 3 aromatic rings. The summed E-state index contributed by atoms with van der Waals surface area (Å²) in [6.45, 7) is 0. The predicted octanol–water partition coefficient (Wildman–Crippen LogP) is 3.21. The molecule has 0 saturated heterocycles. The second-order valence-corrected chi connectivity index (χ2v) is 4.86. The summed E-state index contributed by atoms with van der Waals surface area (Å²) in [7, 11) is 3.26. The number of amides is 1. The van der Waals surface area contributed by atoms with E-state index < -0.39 is 5.91 Å². The Morgan fingerprint density at radius 1 is 1.26 bits per heavy atom. The molecule has 0 aliphatic heterocycles. The maximum atomic E-state index is 12.0. The van der Waals surface area contributed by atoms with Gasteiger partial charge in [-0.25, -0.2) is 0 Å². The predicted molar refractivity (Wildman–Crippen MR) is 84.2 cm³/mol. The molecule has 0 aliphatic rings. The molecule has 0 spiro atoms. The number of carbonyl (C=O) groups excluding carboxylic acids is 1. The molecule has 0 unspecified atom stereocenters. The van der Waals surface area contributed by atoms with E-state index in [1.54, 1.807) is 49.1 Å². The smallest absolute Gasteiger partial charge is 0.295 e. The Bertz CT molecular complexity index is 901. The van der Waals surface area contributed by atoms with Crippen LogP contribution in [0.3, 0.4) is 0 Å². The number of fused-ring (bicyclic) bond motifs is 1. The highest BCUT2D eigenvalue weighted by molar-refractivity contribution is 5.97. The monoisotopic (exact) mass is 310 g/mol. The van der Waals surface area contributed by atoms with Crippen molar-refractivity contribution in [2.24, 2.45) is 17.3 Å². The summed E-state index contributed by atoms with van der Waals surface area (Å²) in [6, 6.07) is 8.42. The summed E-state index contributed by atoms with van der Waals surface area (Å²) < 4.78 is 6.75. The van der Waals surface area contributed by atoms with Gasteiger partial charge in [0.05, 0.1) is 12.6 Å². The summed E-state index contributed by atoms with van der Waals surface area (Å²) in [4.78, 5) is 15.8. The van der Waals surface area contributed by atoms with E-state index in [1.165, 1.54) is 12.4 Å². The number of hydrogen-bond donors (Lipinski definition) is 1. The summed E-state index contributed by atoms with van der Waals surface area (Å²) in [5.41, 5.74) is 1.36. The third-order valence-electron chi connectivity index (χ3n) is 3.52. The van der Waals surface area contributed by atoms with Crippen LogP contribution in [0.5, 0.6) is 11.6 Å². The first kappa shape index (κ1) is 14.7. The largest absolute Gasteiger partial charge is 0.497 e. The summed E-state index contributed by atoms with van der Waals surface area (Å²) in [5.74, 6) is 0.0474. The van der Waals surface area contributed by atoms with Gasteiger partial charge in [0.25, 0.3) is 5.91 Å². The fourth-order valence-electron chi connectivity index (χ4n) is 2.26. The lowest BCUT2D eigenvalue weighted by Gasteiger charge is -2.00. The third-order valence-corrected chi connectivity index (χ3v) is 3.52. The van der Waals surface area contributed by atoms with E-state index in [1.807, 2.05) is 0 Å². The van der Waals surface area contributed by atoms with E-state index in [2.05, 4.69) is 15.2 Å². The summed E-state index contributed by atoms with van der Waals surface area (Å²) in [5, 5.41) is 18.5. The molecule has 0 radical (unpaired) electrons. The van der Waals surface area contributed by atoms with Gasteiger partial charge in [-0.2, -0.15) is 0 Å². The van der Waals surface area contributed by atoms with Gasteiger partial charge in [-0.3, -0.25) is 9.78 Å². The third kappa shape index (κ3) is 2.64. The quantitative estimate of drug-likeness (QED) is 0.752. The van der Waals surface area contributed by atoms with Crippen LogP contribution in [0, 0.1) is 0 Å². The van der Waals surface area contributed by atoms with Gasteiger partial charge in [-0.1, -0.05) is 0 Å². The first-order chi connectivity index (χ1) is 11.1. The molecule has 0 atom stereocenters. The van der Waals surface area contributed by atoms with Crippen molar-refractivity contribution < 1.29 is 14.6 Å². The van der Waals surface area contributed by atoms with Gasteiger partial charge in [-0.05, 0) is 30.3 Å². The maximum absolute atomic E-state index is 12.0. The van der Waals surface area contributed by atoms with Crippen LogP contribution in [-0.2, 0) is 7.05 Å². The van der Waals surface area contributed by atoms with Crippen molar-refractivity contribution in [2.45, 2.75) is 0 Å². The zero-order valence-electron chi connectivity index (χ0n) is 12.6. The Hall–Kier alpha value is -3.22. The molecule has 116 valence electrons. The molecule has 7 nitrogen and oxygen atoms in total. The normalized spacial score (nSPS) is 11.2. The van der Waals surface area contributed by atoms with Crippen molar-refractivity contribution in [1.29, 1.82) is 0 Å². The van der Waals surface area contributed by atoms with E-state index in [-0.39, 0.29) is 11.6 Å². The van der Waals surface area contributed by atoms with Crippen LogP contribution < -0.4 is 4.74 Å². The number of aryl methyl sites for hydroxylation is 1. The molecule has 1 amide bonds. The number of benzene rings is 1. The minimum absolute atomic E-state index is 0.0699. The highest BCUT2D eigenvalue weighted by atomic mass is 16.5. The fourth-order valence-corrected chi connectivity index (χ4v) is 2.26. The lowest BCUT2D eigenvalue weighted by Crippen LogP contribution is -1.92. The van der Waals surface area contributed by atoms with Crippen LogP contribution in [0.4, 0.5) is 5.69 Å². The van der Waals surface area contributed by atoms with Crippen molar-refractivity contribution in [2.75, 3.05) is 7.11 Å². The second kappa shape index (κ2) is 5.88. The standard InChI is InChI=1S/C16H14N4O3/c1-20-13-4-3-11(23-2)9-12(13)14(16(20)22)18-19-15(21)10-5-7-17-8-6-10/h3-9,22H,1-2H3. The zero-order chi connectivity index (χ0) is 16.4. The molecule has 1 aromatic carbocycles. The number of azo groups is 1. The maximum Gasteiger partial charge on any atom is 0.295 e. The van der Waals surface area contributed by atoms with Gasteiger partial charge in [0.15, 0.2) is 5.69 Å². The number of hydrogen-bond acceptors (Lipinski definition) is 5. The van der Waals surface area contributed by atoms with Crippen molar-refractivity contribution >= 4 is 22.5 Å². The molecule has 0 aliphatic carbocycles. The highest BCUT2D eigenvalue weighted by Crippen LogP contribution is 2.39. The van der Waals surface area contributed by atoms with Gasteiger partial charge in [-0.15, -0.1) is 10.2 Å².